The monoisotopic (exact) mass is 134 g/mol. The van der Waals surface area contributed by atoms with Crippen LogP contribution >= 0.6 is 0 Å². The molecule has 1 rings (SSSR count). The summed E-state index contributed by atoms with van der Waals surface area (Å²) < 4.78 is 0. The first-order valence-electron chi connectivity index (χ1n) is 2.92. The Balaban J connectivity index is 3.07. The Morgan fingerprint density at radius 2 is 2.40 bits per heavy atom. The Morgan fingerprint density at radius 1 is 1.70 bits per heavy atom. The summed E-state index contributed by atoms with van der Waals surface area (Å²) in [4.78, 5) is 14.5. The van der Waals surface area contributed by atoms with Gasteiger partial charge in [-0.1, -0.05) is 0 Å². The van der Waals surface area contributed by atoms with Crippen molar-refractivity contribution in [1.29, 1.82) is 0 Å². The number of carbonyl (C=O) groups is 1. The van der Waals surface area contributed by atoms with E-state index in [4.69, 9.17) is 5.73 Å². The number of hydrogen-bond acceptors (Lipinski definition) is 2. The summed E-state index contributed by atoms with van der Waals surface area (Å²) in [5.41, 5.74) is 6.32. The van der Waals surface area contributed by atoms with Crippen molar-refractivity contribution < 1.29 is 4.79 Å². The fourth-order valence-electron chi connectivity index (χ4n) is 0.699. The summed E-state index contributed by atoms with van der Waals surface area (Å²) in [6.45, 7) is 0. The van der Waals surface area contributed by atoms with E-state index in [1.807, 2.05) is 7.85 Å². The number of amides is 1. The number of nitrogens with two attached hydrogens (primary N) is 1. The summed E-state index contributed by atoms with van der Waals surface area (Å²) in [6.07, 6.45) is 1.56. The highest BCUT2D eigenvalue weighted by molar-refractivity contribution is 6.31. The molecule has 0 fully saturated rings. The number of carbonyl (C=O) groups excluding carboxylic acids is 1. The Bertz CT molecular complexity index is 262. The highest BCUT2D eigenvalue weighted by Gasteiger charge is 1.97. The lowest BCUT2D eigenvalue weighted by molar-refractivity contribution is 0.100. The Labute approximate surface area is 59.7 Å². The van der Waals surface area contributed by atoms with E-state index in [1.165, 1.54) is 0 Å². The van der Waals surface area contributed by atoms with Gasteiger partial charge in [0.05, 0.1) is 0 Å². The molecule has 0 bridgehead atoms. The molecule has 2 N–H and O–H groups in total. The molecule has 0 aliphatic carbocycles. The Kier molecular flexibility index (Phi) is 1.71. The van der Waals surface area contributed by atoms with E-state index in [0.717, 1.165) is 5.59 Å². The lowest BCUT2D eigenvalue weighted by atomic mass is 10.0. The minimum absolute atomic E-state index is 0.412. The van der Waals surface area contributed by atoms with E-state index >= 15 is 0 Å². The Morgan fingerprint density at radius 3 is 2.80 bits per heavy atom. The highest BCUT2D eigenvalue weighted by atomic mass is 16.1. The molecule has 0 atom stereocenters. The summed E-state index contributed by atoms with van der Waals surface area (Å²) in [6, 6.07) is 3.25. The zero-order valence-corrected chi connectivity index (χ0v) is 5.66. The van der Waals surface area contributed by atoms with Crippen LogP contribution in [-0.2, 0) is 0 Å². The normalized spacial score (nSPS) is 9.20. The largest absolute Gasteiger partial charge is 0.366 e. The zero-order chi connectivity index (χ0) is 7.56. The van der Waals surface area contributed by atoms with Gasteiger partial charge in [-0.3, -0.25) is 9.78 Å². The number of primary amides is 1. The number of nitrogens with zero attached hydrogens (tertiary/aromatic N) is 1. The summed E-state index contributed by atoms with van der Waals surface area (Å²) in [5, 5.41) is 0. The highest BCUT2D eigenvalue weighted by Crippen LogP contribution is 1.90. The summed E-state index contributed by atoms with van der Waals surface area (Å²) >= 11 is 0. The van der Waals surface area contributed by atoms with Crippen molar-refractivity contribution >= 4 is 19.3 Å². The molecule has 0 radical (unpaired) electrons. The van der Waals surface area contributed by atoms with Crippen LogP contribution in [0.15, 0.2) is 18.3 Å². The average Bonchev–Trinajstić information content (AvgIpc) is 1.88. The third-order valence-corrected chi connectivity index (χ3v) is 1.18. The van der Waals surface area contributed by atoms with Crippen LogP contribution in [-0.4, -0.2) is 18.7 Å². The number of pyridine rings is 1. The zero-order valence-electron chi connectivity index (χ0n) is 5.66. The van der Waals surface area contributed by atoms with Crippen molar-refractivity contribution in [2.24, 2.45) is 5.73 Å². The number of aromatic nitrogens is 1. The quantitative estimate of drug-likeness (QED) is 0.472. The SMILES string of the molecule is Bc1cc(C(N)=O)ccn1. The molecule has 0 spiro atoms. The van der Waals surface area contributed by atoms with Gasteiger partial charge >= 0.3 is 0 Å². The maximum Gasteiger partial charge on any atom is 0.248 e. The molecule has 50 valence electrons. The van der Waals surface area contributed by atoms with Crippen molar-refractivity contribution in [3.63, 3.8) is 0 Å². The van der Waals surface area contributed by atoms with E-state index in [2.05, 4.69) is 4.98 Å². The second-order valence-corrected chi connectivity index (χ2v) is 2.05. The van der Waals surface area contributed by atoms with Gasteiger partial charge in [0.2, 0.25) is 5.91 Å². The fraction of sp³-hybridized carbons (Fsp3) is 0. The molecule has 3 nitrogen and oxygen atoms in total. The summed E-state index contributed by atoms with van der Waals surface area (Å²) in [5.74, 6) is -0.412. The van der Waals surface area contributed by atoms with Crippen molar-refractivity contribution in [3.05, 3.63) is 23.9 Å². The average molecular weight is 134 g/mol. The molecule has 4 heteroatoms. The predicted molar refractivity (Wildman–Crippen MR) is 40.9 cm³/mol. The van der Waals surface area contributed by atoms with Crippen molar-refractivity contribution in [1.82, 2.24) is 4.98 Å². The molecule has 1 aromatic rings. The topological polar surface area (TPSA) is 56.0 Å². The molecule has 0 unspecified atom stereocenters. The van der Waals surface area contributed by atoms with Crippen LogP contribution in [0.25, 0.3) is 0 Å². The summed E-state index contributed by atoms with van der Waals surface area (Å²) in [7, 11) is 1.81. The third kappa shape index (κ3) is 1.34. The number of hydrogen-bond donors (Lipinski definition) is 1. The lowest BCUT2D eigenvalue weighted by Crippen LogP contribution is -2.16. The minimum Gasteiger partial charge on any atom is -0.366 e. The van der Waals surface area contributed by atoms with Gasteiger partial charge in [0.1, 0.15) is 0 Å². The number of rotatable bonds is 1. The van der Waals surface area contributed by atoms with Gasteiger partial charge in [-0.15, -0.1) is 0 Å². The van der Waals surface area contributed by atoms with Gasteiger partial charge in [-0.25, -0.2) is 0 Å². The standard InChI is InChI=1S/C6H7BN2O/c7-5-3-4(6(8)10)1-2-9-5/h1-3H,7H2,(H2,8,10). The van der Waals surface area contributed by atoms with E-state index < -0.39 is 5.91 Å². The van der Waals surface area contributed by atoms with Crippen LogP contribution in [0.4, 0.5) is 0 Å². The van der Waals surface area contributed by atoms with Gasteiger partial charge in [0, 0.05) is 11.8 Å². The first-order valence-corrected chi connectivity index (χ1v) is 2.92. The van der Waals surface area contributed by atoms with E-state index in [-0.39, 0.29) is 0 Å². The molecule has 0 aliphatic heterocycles. The predicted octanol–water partition coefficient (Wildman–Crippen LogP) is -1.56. The molecule has 0 aromatic carbocycles. The van der Waals surface area contributed by atoms with Crippen LogP contribution in [0.3, 0.4) is 0 Å². The van der Waals surface area contributed by atoms with E-state index in [0.29, 0.717) is 5.56 Å². The molecule has 0 saturated carbocycles. The molecule has 1 amide bonds. The van der Waals surface area contributed by atoms with Gasteiger partial charge in [-0.05, 0) is 17.7 Å². The second-order valence-electron chi connectivity index (χ2n) is 2.05. The van der Waals surface area contributed by atoms with Crippen LogP contribution in [0.1, 0.15) is 10.4 Å². The van der Waals surface area contributed by atoms with Crippen LogP contribution in [0.5, 0.6) is 0 Å². The molecular formula is C6H7BN2O. The van der Waals surface area contributed by atoms with Crippen LogP contribution in [0, 0.1) is 0 Å². The van der Waals surface area contributed by atoms with Gasteiger partial charge in [-0.2, -0.15) is 0 Å². The molecule has 1 aromatic heterocycles. The molecule has 0 saturated heterocycles. The van der Waals surface area contributed by atoms with Crippen molar-refractivity contribution in [2.75, 3.05) is 0 Å². The maximum absolute atomic E-state index is 10.5. The smallest absolute Gasteiger partial charge is 0.248 e. The lowest BCUT2D eigenvalue weighted by Gasteiger charge is -1.94. The van der Waals surface area contributed by atoms with Gasteiger partial charge in [0.15, 0.2) is 7.85 Å². The minimum atomic E-state index is -0.412. The first kappa shape index (κ1) is 6.80. The van der Waals surface area contributed by atoms with Gasteiger partial charge < -0.3 is 5.73 Å². The Hall–Kier alpha value is -1.32. The second kappa shape index (κ2) is 2.52. The maximum atomic E-state index is 10.5. The van der Waals surface area contributed by atoms with E-state index in [9.17, 15) is 4.79 Å². The van der Waals surface area contributed by atoms with Crippen LogP contribution < -0.4 is 11.3 Å². The van der Waals surface area contributed by atoms with Crippen molar-refractivity contribution in [2.45, 2.75) is 0 Å². The van der Waals surface area contributed by atoms with Gasteiger partial charge in [0.25, 0.3) is 0 Å². The van der Waals surface area contributed by atoms with E-state index in [1.54, 1.807) is 18.3 Å². The fourth-order valence-corrected chi connectivity index (χ4v) is 0.699. The molecular weight excluding hydrogens is 127 g/mol. The molecule has 0 aliphatic rings. The third-order valence-electron chi connectivity index (χ3n) is 1.18. The first-order chi connectivity index (χ1) is 4.70. The molecule has 1 heterocycles. The van der Waals surface area contributed by atoms with Crippen LogP contribution in [0.2, 0.25) is 0 Å². The van der Waals surface area contributed by atoms with Crippen molar-refractivity contribution in [3.8, 4) is 0 Å². The molecule has 10 heavy (non-hydrogen) atoms.